The molecule has 9 heteroatoms. The van der Waals surface area contributed by atoms with Gasteiger partial charge in [0.15, 0.2) is 0 Å². The molecule has 0 N–H and O–H groups in total. The molecule has 0 aliphatic rings. The zero-order valence-electron chi connectivity index (χ0n) is 4.42. The first-order chi connectivity index (χ1) is 0. The molecule has 0 bridgehead atoms. The van der Waals surface area contributed by atoms with Crippen molar-refractivity contribution >= 4 is 33.0 Å². The second-order valence-corrected chi connectivity index (χ2v) is 0. The van der Waals surface area contributed by atoms with E-state index in [1.165, 1.54) is 0 Å². The summed E-state index contributed by atoms with van der Waals surface area (Å²) in [7, 11) is 0. The van der Waals surface area contributed by atoms with E-state index in [2.05, 4.69) is 0 Å². The van der Waals surface area contributed by atoms with Gasteiger partial charge in [0.2, 0.25) is 0 Å². The summed E-state index contributed by atoms with van der Waals surface area (Å²) in [4.78, 5) is 0. The average molecular weight is 176 g/mol. The van der Waals surface area contributed by atoms with E-state index in [9.17, 15) is 0 Å². The van der Waals surface area contributed by atoms with Crippen LogP contribution in [0.2, 0.25) is 0 Å². The summed E-state index contributed by atoms with van der Waals surface area (Å²) in [5.74, 6) is 0. The maximum absolute atomic E-state index is 0. The SMILES string of the molecule is [F-].[F-].[F-].[F-].[F-].[F-].[Li+].[Mg+2].[P+3]. The third-order valence-electron chi connectivity index (χ3n) is 0. The Morgan fingerprint density at radius 2 is 0.444 bits per heavy atom. The summed E-state index contributed by atoms with van der Waals surface area (Å²) in [5.41, 5.74) is 0. The van der Waals surface area contributed by atoms with E-state index >= 15 is 0 Å². The molecule has 0 aromatic rings. The minimum atomic E-state index is 0. The molecule has 0 atom stereocenters. The maximum Gasteiger partial charge on any atom is 3.00 e. The third kappa shape index (κ3) is 270. The molecule has 0 spiro atoms. The third-order valence-corrected chi connectivity index (χ3v) is 0. The van der Waals surface area contributed by atoms with Gasteiger partial charge in [-0.3, -0.25) is 0 Å². The zero-order valence-corrected chi connectivity index (χ0v) is 6.73. The molecular weight excluding hydrogens is 176 g/mol. The van der Waals surface area contributed by atoms with Crippen LogP contribution >= 0.6 is 9.90 Å². The summed E-state index contributed by atoms with van der Waals surface area (Å²) in [6.45, 7) is 0. The molecular formula is F6LiMgP. The van der Waals surface area contributed by atoms with Gasteiger partial charge in [-0.1, -0.05) is 0 Å². The minimum Gasteiger partial charge on any atom is -1.00 e. The van der Waals surface area contributed by atoms with Crippen molar-refractivity contribution < 1.29 is 47.1 Å². The molecule has 0 saturated carbocycles. The van der Waals surface area contributed by atoms with Gasteiger partial charge in [-0.2, -0.15) is 0 Å². The van der Waals surface area contributed by atoms with Crippen molar-refractivity contribution in [2.75, 3.05) is 0 Å². The molecule has 0 saturated heterocycles. The second-order valence-electron chi connectivity index (χ2n) is 0. The van der Waals surface area contributed by atoms with Gasteiger partial charge in [-0.25, -0.2) is 0 Å². The van der Waals surface area contributed by atoms with Crippen molar-refractivity contribution in [1.29, 1.82) is 0 Å². The van der Waals surface area contributed by atoms with Crippen LogP contribution in [0.4, 0.5) is 0 Å². The molecule has 0 aromatic heterocycles. The van der Waals surface area contributed by atoms with Crippen molar-refractivity contribution in [2.45, 2.75) is 0 Å². The Hall–Kier alpha value is 1.37. The number of rotatable bonds is 0. The molecule has 0 aliphatic carbocycles. The maximum atomic E-state index is 0. The van der Waals surface area contributed by atoms with E-state index in [-0.39, 0.29) is 80.0 Å². The Labute approximate surface area is 80.1 Å². The van der Waals surface area contributed by atoms with Gasteiger partial charge in [-0.05, 0) is 0 Å². The van der Waals surface area contributed by atoms with Crippen LogP contribution in [0.15, 0.2) is 0 Å². The van der Waals surface area contributed by atoms with E-state index < -0.39 is 0 Å². The van der Waals surface area contributed by atoms with E-state index in [4.69, 9.17) is 0 Å². The van der Waals surface area contributed by atoms with Gasteiger partial charge < -0.3 is 28.2 Å². The predicted molar refractivity (Wildman–Crippen MR) is 12.7 cm³/mol. The normalized spacial score (nSPS) is 0. The van der Waals surface area contributed by atoms with Gasteiger partial charge in [0.25, 0.3) is 0 Å². The molecule has 9 heavy (non-hydrogen) atoms. The molecule has 50 valence electrons. The monoisotopic (exact) mass is 176 g/mol. The van der Waals surface area contributed by atoms with Gasteiger partial charge in [-0.15, -0.1) is 0 Å². The van der Waals surface area contributed by atoms with E-state index in [1.807, 2.05) is 0 Å². The molecule has 0 fully saturated rings. The van der Waals surface area contributed by atoms with E-state index in [0.717, 1.165) is 0 Å². The molecule has 0 rings (SSSR count). The molecule has 0 aliphatic heterocycles. The Morgan fingerprint density at radius 1 is 0.444 bits per heavy atom. The topological polar surface area (TPSA) is 0 Å². The first-order valence-corrected chi connectivity index (χ1v) is 0. The van der Waals surface area contributed by atoms with Crippen molar-refractivity contribution in [1.82, 2.24) is 0 Å². The molecule has 0 nitrogen and oxygen atoms in total. The van der Waals surface area contributed by atoms with Gasteiger partial charge >= 0.3 is 51.8 Å². The number of hydrogen-bond acceptors (Lipinski definition) is 0. The molecule has 0 heterocycles. The van der Waals surface area contributed by atoms with Crippen molar-refractivity contribution in [2.24, 2.45) is 0 Å². The number of halogens is 6. The Balaban J connectivity index is 0. The van der Waals surface area contributed by atoms with Crippen molar-refractivity contribution in [3.05, 3.63) is 0 Å². The summed E-state index contributed by atoms with van der Waals surface area (Å²) in [6.07, 6.45) is 0. The summed E-state index contributed by atoms with van der Waals surface area (Å²) >= 11 is 0. The van der Waals surface area contributed by atoms with Crippen LogP contribution in [0.3, 0.4) is 0 Å². The summed E-state index contributed by atoms with van der Waals surface area (Å²) in [5, 5.41) is 0. The largest absolute Gasteiger partial charge is 3.00 e. The minimum absolute atomic E-state index is 0. The molecule has 0 unspecified atom stereocenters. The summed E-state index contributed by atoms with van der Waals surface area (Å²) in [6, 6.07) is 0. The van der Waals surface area contributed by atoms with Crippen LogP contribution in [0.1, 0.15) is 0 Å². The Kier molecular flexibility index (Phi) is 18700. The van der Waals surface area contributed by atoms with Crippen LogP contribution in [0, 0.1) is 0 Å². The quantitative estimate of drug-likeness (QED) is 0.195. The van der Waals surface area contributed by atoms with E-state index in [0.29, 0.717) is 0 Å². The van der Waals surface area contributed by atoms with Crippen molar-refractivity contribution in [3.8, 4) is 0 Å². The second kappa shape index (κ2) is 348. The fraction of sp³-hybridized carbons (Fsp3) is 0. The number of hydrogen-bond donors (Lipinski definition) is 0. The van der Waals surface area contributed by atoms with Crippen LogP contribution in [0.5, 0.6) is 0 Å². The average Bonchev–Trinajstić information content (AvgIpc) is 0. The van der Waals surface area contributed by atoms with Gasteiger partial charge in [0.1, 0.15) is 0 Å². The van der Waals surface area contributed by atoms with Crippen molar-refractivity contribution in [3.63, 3.8) is 0 Å². The molecule has 2 radical (unpaired) electrons. The van der Waals surface area contributed by atoms with Gasteiger partial charge in [0.05, 0.1) is 0 Å². The first kappa shape index (κ1) is 483. The standard InChI is InChI=1S/6FH.Li.Mg.P/h6*1H;;;/q;;;;;;+1;+2;+3/p-6. The Bertz CT molecular complexity index is 13.0. The smallest absolute Gasteiger partial charge is 1.00 e. The van der Waals surface area contributed by atoms with E-state index in [1.54, 1.807) is 0 Å². The van der Waals surface area contributed by atoms with Crippen LogP contribution < -0.4 is 47.1 Å². The van der Waals surface area contributed by atoms with Crippen LogP contribution in [-0.4, -0.2) is 23.1 Å². The zero-order chi connectivity index (χ0) is 0. The summed E-state index contributed by atoms with van der Waals surface area (Å²) < 4.78 is 0. The molecule has 0 amide bonds. The first-order valence-electron chi connectivity index (χ1n) is 0. The fourth-order valence-electron chi connectivity index (χ4n) is 0. The van der Waals surface area contributed by atoms with Gasteiger partial charge in [0, 0.05) is 0 Å². The fourth-order valence-corrected chi connectivity index (χ4v) is 0. The van der Waals surface area contributed by atoms with Crippen LogP contribution in [-0.2, 0) is 0 Å². The Morgan fingerprint density at radius 3 is 0.444 bits per heavy atom. The van der Waals surface area contributed by atoms with Crippen LogP contribution in [0.25, 0.3) is 0 Å². The predicted octanol–water partition coefficient (Wildman–Crippen LogP) is -20.5. The molecule has 0 aromatic carbocycles.